The summed E-state index contributed by atoms with van der Waals surface area (Å²) in [5.41, 5.74) is 10.8. The van der Waals surface area contributed by atoms with Crippen molar-refractivity contribution in [1.82, 2.24) is 18.7 Å². The lowest BCUT2D eigenvalue weighted by Crippen LogP contribution is -1.97. The summed E-state index contributed by atoms with van der Waals surface area (Å²) < 4.78 is 13.7. The van der Waals surface area contributed by atoms with Gasteiger partial charge in [-0.2, -0.15) is 0 Å². The maximum absolute atomic E-state index is 6.68. The number of furan rings is 1. The third-order valence-corrected chi connectivity index (χ3v) is 10.9. The van der Waals surface area contributed by atoms with Gasteiger partial charge in [-0.1, -0.05) is 91.0 Å². The van der Waals surface area contributed by atoms with Crippen molar-refractivity contribution in [2.75, 3.05) is 0 Å². The van der Waals surface area contributed by atoms with E-state index in [1.54, 1.807) is 0 Å². The SMILES string of the molecule is c1ccc2c(c1)c1ccccc1n2-c1ccc2c(c1)c1ccccc1n2-c1ccc2oc3c(-n4c5ccccc5c5ccccc54)nccc3c2c1. The Labute approximate surface area is 296 Å². The lowest BCUT2D eigenvalue weighted by Gasteiger charge is -2.10. The van der Waals surface area contributed by atoms with E-state index in [0.717, 1.165) is 61.2 Å². The smallest absolute Gasteiger partial charge is 0.181 e. The van der Waals surface area contributed by atoms with Crippen molar-refractivity contribution in [3.63, 3.8) is 0 Å². The molecule has 0 saturated carbocycles. The molecule has 0 aliphatic rings. The van der Waals surface area contributed by atoms with Crippen molar-refractivity contribution in [3.8, 4) is 17.2 Å². The predicted octanol–water partition coefficient (Wildman–Crippen LogP) is 12.3. The number of fused-ring (bicyclic) bond motifs is 12. The summed E-state index contributed by atoms with van der Waals surface area (Å²) in [7, 11) is 0. The molecule has 5 heteroatoms. The first kappa shape index (κ1) is 27.7. The van der Waals surface area contributed by atoms with Gasteiger partial charge in [0.1, 0.15) is 5.58 Å². The van der Waals surface area contributed by atoms with Gasteiger partial charge in [-0.25, -0.2) is 4.98 Å². The molecule has 0 spiro atoms. The number of para-hydroxylation sites is 5. The van der Waals surface area contributed by atoms with Gasteiger partial charge >= 0.3 is 0 Å². The van der Waals surface area contributed by atoms with E-state index in [9.17, 15) is 0 Å². The highest BCUT2D eigenvalue weighted by Crippen LogP contribution is 2.40. The van der Waals surface area contributed by atoms with E-state index in [4.69, 9.17) is 9.40 Å². The quantitative estimate of drug-likeness (QED) is 0.189. The van der Waals surface area contributed by atoms with E-state index in [2.05, 4.69) is 177 Å². The van der Waals surface area contributed by atoms with E-state index >= 15 is 0 Å². The second kappa shape index (κ2) is 10.2. The Bertz CT molecular complexity index is 3320. The van der Waals surface area contributed by atoms with Crippen LogP contribution in [0.3, 0.4) is 0 Å². The zero-order chi connectivity index (χ0) is 33.9. The first-order valence-corrected chi connectivity index (χ1v) is 17.6. The molecule has 12 aromatic rings. The van der Waals surface area contributed by atoms with Gasteiger partial charge in [0, 0.05) is 60.7 Å². The lowest BCUT2D eigenvalue weighted by molar-refractivity contribution is 0.663. The van der Waals surface area contributed by atoms with E-state index in [1.165, 1.54) is 43.4 Å². The van der Waals surface area contributed by atoms with Crippen LogP contribution in [0.4, 0.5) is 0 Å². The van der Waals surface area contributed by atoms with Crippen molar-refractivity contribution in [2.45, 2.75) is 0 Å². The summed E-state index contributed by atoms with van der Waals surface area (Å²) in [5, 5.41) is 9.45. The maximum atomic E-state index is 6.68. The van der Waals surface area contributed by atoms with Gasteiger partial charge in [0.2, 0.25) is 0 Å². The molecule has 12 rings (SSSR count). The van der Waals surface area contributed by atoms with Crippen LogP contribution >= 0.6 is 0 Å². The van der Waals surface area contributed by atoms with Gasteiger partial charge in [0.15, 0.2) is 11.4 Å². The molecule has 7 aromatic carbocycles. The highest BCUT2D eigenvalue weighted by molar-refractivity contribution is 6.14. The van der Waals surface area contributed by atoms with Crippen LogP contribution in [0.1, 0.15) is 0 Å². The fourth-order valence-electron chi connectivity index (χ4n) is 8.71. The molecule has 0 radical (unpaired) electrons. The van der Waals surface area contributed by atoms with Crippen molar-refractivity contribution >= 4 is 87.4 Å². The molecule has 0 bridgehead atoms. The third-order valence-electron chi connectivity index (χ3n) is 10.9. The van der Waals surface area contributed by atoms with Crippen LogP contribution in [0.2, 0.25) is 0 Å². The summed E-state index contributed by atoms with van der Waals surface area (Å²) in [4.78, 5) is 4.93. The minimum absolute atomic E-state index is 0.777. The summed E-state index contributed by atoms with van der Waals surface area (Å²) >= 11 is 0. The van der Waals surface area contributed by atoms with Crippen LogP contribution in [0.25, 0.3) is 105 Å². The largest absolute Gasteiger partial charge is 0.452 e. The fraction of sp³-hybridized carbons (Fsp3) is 0. The second-order valence-electron chi connectivity index (χ2n) is 13.6. The molecular weight excluding hydrogens is 637 g/mol. The molecule has 52 heavy (non-hydrogen) atoms. The van der Waals surface area contributed by atoms with Gasteiger partial charge in [0.05, 0.1) is 33.1 Å². The molecular formula is C47H28N4O. The average Bonchev–Trinajstić information content (AvgIpc) is 3.94. The molecule has 0 atom stereocenters. The number of rotatable bonds is 3. The Hall–Kier alpha value is -7.11. The molecule has 0 aliphatic heterocycles. The lowest BCUT2D eigenvalue weighted by atomic mass is 10.1. The van der Waals surface area contributed by atoms with Gasteiger partial charge in [-0.3, -0.25) is 4.57 Å². The topological polar surface area (TPSA) is 40.8 Å². The van der Waals surface area contributed by atoms with E-state index in [0.29, 0.717) is 0 Å². The van der Waals surface area contributed by atoms with Crippen molar-refractivity contribution in [1.29, 1.82) is 0 Å². The number of pyridine rings is 1. The summed E-state index contributed by atoms with van der Waals surface area (Å²) in [6.07, 6.45) is 1.90. The molecule has 0 N–H and O–H groups in total. The predicted molar refractivity (Wildman–Crippen MR) is 215 cm³/mol. The molecule has 0 aliphatic carbocycles. The normalized spacial score (nSPS) is 12.2. The van der Waals surface area contributed by atoms with Crippen LogP contribution in [0.5, 0.6) is 0 Å². The van der Waals surface area contributed by atoms with Gasteiger partial charge in [-0.15, -0.1) is 0 Å². The Balaban J connectivity index is 1.08. The number of aromatic nitrogens is 4. The summed E-state index contributed by atoms with van der Waals surface area (Å²) in [5.74, 6) is 0.794. The Morgan fingerprint density at radius 3 is 1.31 bits per heavy atom. The number of benzene rings is 7. The third kappa shape index (κ3) is 3.64. The van der Waals surface area contributed by atoms with E-state index < -0.39 is 0 Å². The van der Waals surface area contributed by atoms with Crippen LogP contribution in [0.15, 0.2) is 174 Å². The maximum Gasteiger partial charge on any atom is 0.181 e. The van der Waals surface area contributed by atoms with Crippen LogP contribution < -0.4 is 0 Å². The van der Waals surface area contributed by atoms with Crippen LogP contribution in [-0.2, 0) is 0 Å². The molecule has 5 aromatic heterocycles. The van der Waals surface area contributed by atoms with Crippen molar-refractivity contribution in [2.24, 2.45) is 0 Å². The van der Waals surface area contributed by atoms with Crippen LogP contribution in [0, 0.1) is 0 Å². The molecule has 5 nitrogen and oxygen atoms in total. The fourth-order valence-corrected chi connectivity index (χ4v) is 8.71. The first-order valence-electron chi connectivity index (χ1n) is 17.6. The Morgan fingerprint density at radius 2 is 0.769 bits per heavy atom. The summed E-state index contributed by atoms with van der Waals surface area (Å²) in [6.45, 7) is 0. The molecule has 0 unspecified atom stereocenters. The second-order valence-corrected chi connectivity index (χ2v) is 13.6. The molecule has 0 saturated heterocycles. The molecule has 5 heterocycles. The van der Waals surface area contributed by atoms with E-state index in [-0.39, 0.29) is 0 Å². The first-order chi connectivity index (χ1) is 25.8. The zero-order valence-electron chi connectivity index (χ0n) is 27.9. The van der Waals surface area contributed by atoms with Gasteiger partial charge in [-0.05, 0) is 72.8 Å². The van der Waals surface area contributed by atoms with Gasteiger partial charge < -0.3 is 13.6 Å². The molecule has 0 amide bonds. The highest BCUT2D eigenvalue weighted by atomic mass is 16.3. The molecule has 0 fully saturated rings. The minimum Gasteiger partial charge on any atom is -0.452 e. The highest BCUT2D eigenvalue weighted by Gasteiger charge is 2.20. The number of hydrogen-bond donors (Lipinski definition) is 0. The Kier molecular flexibility index (Phi) is 5.44. The van der Waals surface area contributed by atoms with Crippen LogP contribution in [-0.4, -0.2) is 18.7 Å². The van der Waals surface area contributed by atoms with Crippen molar-refractivity contribution in [3.05, 3.63) is 170 Å². The summed E-state index contributed by atoms with van der Waals surface area (Å²) in [6, 6.07) is 58.6. The average molecular weight is 665 g/mol. The zero-order valence-corrected chi connectivity index (χ0v) is 27.9. The minimum atomic E-state index is 0.777. The number of hydrogen-bond acceptors (Lipinski definition) is 2. The monoisotopic (exact) mass is 664 g/mol. The van der Waals surface area contributed by atoms with Crippen molar-refractivity contribution < 1.29 is 4.42 Å². The van der Waals surface area contributed by atoms with Gasteiger partial charge in [0.25, 0.3) is 0 Å². The molecule has 242 valence electrons. The Morgan fingerprint density at radius 1 is 0.346 bits per heavy atom. The number of nitrogens with zero attached hydrogens (tertiary/aromatic N) is 4. The standard InChI is InChI=1S/C47H28N4O/c1-6-16-39-31(11-1)32-12-2-7-17-40(32)49(39)29-21-23-44-37(27-29)35-15-5-8-18-41(35)50(44)30-22-24-45-38(28-30)36-25-26-48-47(46(36)52-45)51-42-19-9-3-13-33(42)34-14-4-10-20-43(34)51/h1-28H. The van der Waals surface area contributed by atoms with E-state index in [1.807, 2.05) is 6.20 Å².